The van der Waals surface area contributed by atoms with Crippen molar-refractivity contribution in [1.82, 2.24) is 0 Å². The zero-order chi connectivity index (χ0) is 15.4. The van der Waals surface area contributed by atoms with E-state index in [0.717, 1.165) is 18.6 Å². The van der Waals surface area contributed by atoms with E-state index in [9.17, 15) is 0 Å². The van der Waals surface area contributed by atoms with Crippen molar-refractivity contribution in [1.29, 1.82) is 0 Å². The number of hydrogen-bond donors (Lipinski definition) is 2. The summed E-state index contributed by atoms with van der Waals surface area (Å²) >= 11 is 0. The van der Waals surface area contributed by atoms with Crippen LogP contribution in [0.5, 0.6) is 5.75 Å². The number of rotatable bonds is 5. The summed E-state index contributed by atoms with van der Waals surface area (Å²) in [7, 11) is 1.69. The number of allylic oxidation sites excluding steroid dienone is 4. The number of hydrogen-bond acceptors (Lipinski definition) is 2. The fraction of sp³-hybridized carbons (Fsp3) is 0.312. The summed E-state index contributed by atoms with van der Waals surface area (Å²) in [6.45, 7) is 4.24. The number of benzene rings is 1. The first kappa shape index (κ1) is 17.8. The highest BCUT2D eigenvalue weighted by Gasteiger charge is 2.00. The molecule has 1 rings (SSSR count). The van der Waals surface area contributed by atoms with Crippen molar-refractivity contribution in [2.75, 3.05) is 7.11 Å². The molecule has 0 amide bonds. The maximum atomic E-state index is 8.56. The lowest BCUT2D eigenvalue weighted by Crippen LogP contribution is -1.86. The van der Waals surface area contributed by atoms with E-state index in [0.29, 0.717) is 0 Å². The molecule has 0 spiro atoms. The maximum absolute atomic E-state index is 8.56. The van der Waals surface area contributed by atoms with Gasteiger partial charge in [-0.25, -0.2) is 4.79 Å². The van der Waals surface area contributed by atoms with E-state index in [2.05, 4.69) is 37.3 Å². The molecular formula is C16H22O4. The van der Waals surface area contributed by atoms with E-state index in [-0.39, 0.29) is 0 Å². The monoisotopic (exact) mass is 278 g/mol. The summed E-state index contributed by atoms with van der Waals surface area (Å²) < 4.78 is 5.16. The van der Waals surface area contributed by atoms with Crippen LogP contribution in [0, 0.1) is 0 Å². The molecule has 0 atom stereocenters. The quantitative estimate of drug-likeness (QED) is 0.767. The first-order valence-electron chi connectivity index (χ1n) is 6.43. The summed E-state index contributed by atoms with van der Waals surface area (Å²) in [6, 6.07) is 8.25. The van der Waals surface area contributed by atoms with Crippen LogP contribution in [0.3, 0.4) is 0 Å². The Morgan fingerprint density at radius 2 is 1.80 bits per heavy atom. The molecule has 2 N–H and O–H groups in total. The molecule has 4 nitrogen and oxygen atoms in total. The Morgan fingerprint density at radius 3 is 2.20 bits per heavy atom. The van der Waals surface area contributed by atoms with Gasteiger partial charge in [0.25, 0.3) is 0 Å². The van der Waals surface area contributed by atoms with Crippen molar-refractivity contribution >= 4 is 11.7 Å². The average Bonchev–Trinajstić information content (AvgIpc) is 2.43. The minimum atomic E-state index is -1.83. The van der Waals surface area contributed by atoms with E-state index >= 15 is 0 Å². The Labute approximate surface area is 120 Å². The van der Waals surface area contributed by atoms with Gasteiger partial charge < -0.3 is 14.9 Å². The van der Waals surface area contributed by atoms with Gasteiger partial charge in [-0.05, 0) is 36.6 Å². The molecule has 110 valence electrons. The summed E-state index contributed by atoms with van der Waals surface area (Å²) in [6.07, 6.45) is 6.77. The van der Waals surface area contributed by atoms with Gasteiger partial charge in [0, 0.05) is 0 Å². The lowest BCUT2D eigenvalue weighted by molar-refractivity contribution is 0.137. The normalized spacial score (nSPS) is 10.8. The molecule has 0 aromatic heterocycles. The number of carboxylic acid groups (broad SMARTS) is 2. The van der Waals surface area contributed by atoms with Crippen molar-refractivity contribution in [2.24, 2.45) is 0 Å². The summed E-state index contributed by atoms with van der Waals surface area (Å²) in [5.41, 5.74) is 2.66. The highest BCUT2D eigenvalue weighted by Crippen LogP contribution is 2.22. The van der Waals surface area contributed by atoms with Gasteiger partial charge >= 0.3 is 6.16 Å². The van der Waals surface area contributed by atoms with Gasteiger partial charge in [0.15, 0.2) is 0 Å². The van der Waals surface area contributed by atoms with Crippen LogP contribution < -0.4 is 4.74 Å². The summed E-state index contributed by atoms with van der Waals surface area (Å²) in [5, 5.41) is 13.9. The van der Waals surface area contributed by atoms with Crippen molar-refractivity contribution < 1.29 is 19.7 Å². The molecule has 1 aromatic carbocycles. The third-order valence-electron chi connectivity index (χ3n) is 2.47. The fourth-order valence-corrected chi connectivity index (χ4v) is 1.61. The topological polar surface area (TPSA) is 66.8 Å². The van der Waals surface area contributed by atoms with Crippen molar-refractivity contribution in [3.63, 3.8) is 0 Å². The van der Waals surface area contributed by atoms with Gasteiger partial charge in [0.05, 0.1) is 7.11 Å². The van der Waals surface area contributed by atoms with Gasteiger partial charge in [0.2, 0.25) is 0 Å². The largest absolute Gasteiger partial charge is 0.503 e. The Hall–Kier alpha value is -2.23. The third kappa shape index (κ3) is 7.97. The second-order valence-electron chi connectivity index (χ2n) is 3.98. The van der Waals surface area contributed by atoms with Gasteiger partial charge in [-0.1, -0.05) is 43.7 Å². The highest BCUT2D eigenvalue weighted by molar-refractivity contribution is 5.67. The zero-order valence-electron chi connectivity index (χ0n) is 12.2. The van der Waals surface area contributed by atoms with E-state index in [1.807, 2.05) is 19.1 Å². The first-order valence-corrected chi connectivity index (χ1v) is 6.43. The fourth-order valence-electron chi connectivity index (χ4n) is 1.61. The Bertz CT molecular complexity index is 440. The molecule has 0 fully saturated rings. The molecule has 0 heterocycles. The van der Waals surface area contributed by atoms with Crippen LogP contribution in [-0.4, -0.2) is 23.5 Å². The smallest absolute Gasteiger partial charge is 0.497 e. The SMILES string of the molecule is C/C=C/C=C(\CCC)c1ccc(OC)cc1.O=C(O)O. The summed E-state index contributed by atoms with van der Waals surface area (Å²) in [4.78, 5) is 8.56. The van der Waals surface area contributed by atoms with E-state index in [1.165, 1.54) is 11.1 Å². The molecule has 0 radical (unpaired) electrons. The zero-order valence-corrected chi connectivity index (χ0v) is 12.2. The van der Waals surface area contributed by atoms with Crippen molar-refractivity contribution in [2.45, 2.75) is 26.7 Å². The van der Waals surface area contributed by atoms with Crippen LogP contribution in [0.25, 0.3) is 5.57 Å². The number of carbonyl (C=O) groups is 1. The Balaban J connectivity index is 0.000000796. The minimum absolute atomic E-state index is 0.908. The summed E-state index contributed by atoms with van der Waals surface area (Å²) in [5.74, 6) is 0.908. The standard InChI is InChI=1S/C15H20O.CH2O3/c1-4-6-8-13(7-5-2)14-9-11-15(16-3)12-10-14;2-1(3)4/h4,6,8-12H,5,7H2,1-3H3;(H2,2,3,4)/b6-4+,13-8+;. The molecule has 0 saturated carbocycles. The van der Waals surface area contributed by atoms with Crippen LogP contribution in [0.15, 0.2) is 42.5 Å². The van der Waals surface area contributed by atoms with Crippen molar-refractivity contribution in [3.8, 4) is 5.75 Å². The molecule has 0 aliphatic carbocycles. The van der Waals surface area contributed by atoms with Gasteiger partial charge in [-0.15, -0.1) is 0 Å². The van der Waals surface area contributed by atoms with E-state index in [4.69, 9.17) is 19.7 Å². The highest BCUT2D eigenvalue weighted by atomic mass is 16.6. The minimum Gasteiger partial charge on any atom is -0.497 e. The second-order valence-corrected chi connectivity index (χ2v) is 3.98. The van der Waals surface area contributed by atoms with Crippen LogP contribution in [-0.2, 0) is 0 Å². The lowest BCUT2D eigenvalue weighted by atomic mass is 10.0. The molecule has 0 aliphatic heterocycles. The van der Waals surface area contributed by atoms with Crippen LogP contribution in [0.4, 0.5) is 4.79 Å². The molecule has 0 unspecified atom stereocenters. The molecule has 0 saturated heterocycles. The second kappa shape index (κ2) is 10.7. The predicted molar refractivity (Wildman–Crippen MR) is 81.3 cm³/mol. The molecule has 0 aliphatic rings. The molecule has 20 heavy (non-hydrogen) atoms. The number of methoxy groups -OCH3 is 1. The van der Waals surface area contributed by atoms with Crippen LogP contribution >= 0.6 is 0 Å². The van der Waals surface area contributed by atoms with Crippen molar-refractivity contribution in [3.05, 3.63) is 48.1 Å². The number of ether oxygens (including phenoxy) is 1. The van der Waals surface area contributed by atoms with E-state index < -0.39 is 6.16 Å². The van der Waals surface area contributed by atoms with Gasteiger partial charge in [0.1, 0.15) is 5.75 Å². The van der Waals surface area contributed by atoms with Crippen LogP contribution in [0.2, 0.25) is 0 Å². The molecule has 0 bridgehead atoms. The maximum Gasteiger partial charge on any atom is 0.503 e. The molecule has 1 aromatic rings. The molecule has 4 heteroatoms. The average molecular weight is 278 g/mol. The van der Waals surface area contributed by atoms with E-state index in [1.54, 1.807) is 7.11 Å². The predicted octanol–water partition coefficient (Wildman–Crippen LogP) is 4.68. The van der Waals surface area contributed by atoms with Gasteiger partial charge in [-0.3, -0.25) is 0 Å². The Kier molecular flexibility index (Phi) is 9.48. The van der Waals surface area contributed by atoms with Crippen LogP contribution in [0.1, 0.15) is 32.3 Å². The van der Waals surface area contributed by atoms with Gasteiger partial charge in [-0.2, -0.15) is 0 Å². The third-order valence-corrected chi connectivity index (χ3v) is 2.47. The molecular weight excluding hydrogens is 256 g/mol. The first-order chi connectivity index (χ1) is 9.54. The Morgan fingerprint density at radius 1 is 1.25 bits per heavy atom. The lowest BCUT2D eigenvalue weighted by Gasteiger charge is -2.07.